The van der Waals surface area contributed by atoms with Gasteiger partial charge in [-0.25, -0.2) is 9.59 Å². The van der Waals surface area contributed by atoms with Crippen molar-refractivity contribution in [3.05, 3.63) is 75.1 Å². The fourth-order valence-electron chi connectivity index (χ4n) is 2.92. The van der Waals surface area contributed by atoms with Gasteiger partial charge in [0, 0.05) is 17.4 Å². The predicted octanol–water partition coefficient (Wildman–Crippen LogP) is 3.42. The largest absolute Gasteiger partial charge is 0.507 e. The number of ketones is 1. The highest BCUT2D eigenvalue weighted by Crippen LogP contribution is 2.36. The van der Waals surface area contributed by atoms with Crippen molar-refractivity contribution in [2.75, 3.05) is 7.11 Å². The number of hydrogen-bond donors (Lipinski definition) is 1. The first kappa shape index (κ1) is 18.7. The Labute approximate surface area is 158 Å². The highest BCUT2D eigenvalue weighted by Gasteiger charge is 2.29. The number of Topliss-reactive ketones (excluding diaryl/α,β-unsaturated/α-hetero) is 1. The topological polar surface area (TPSA) is 93.8 Å². The molecule has 0 amide bonds. The van der Waals surface area contributed by atoms with Crippen LogP contribution in [0.1, 0.15) is 23.5 Å². The molecule has 138 valence electrons. The van der Waals surface area contributed by atoms with Gasteiger partial charge in [-0.1, -0.05) is 35.9 Å². The van der Waals surface area contributed by atoms with Gasteiger partial charge in [0.25, 0.3) is 0 Å². The normalized spacial score (nSPS) is 11.9. The van der Waals surface area contributed by atoms with Crippen molar-refractivity contribution in [1.82, 2.24) is 0 Å². The van der Waals surface area contributed by atoms with Gasteiger partial charge < -0.3 is 14.3 Å². The third-order valence-corrected chi connectivity index (χ3v) is 4.50. The van der Waals surface area contributed by atoms with Gasteiger partial charge in [0.15, 0.2) is 0 Å². The smallest absolute Gasteiger partial charge is 0.374 e. The molecule has 6 nitrogen and oxygen atoms in total. The summed E-state index contributed by atoms with van der Waals surface area (Å²) >= 11 is 5.91. The molecule has 27 heavy (non-hydrogen) atoms. The first-order chi connectivity index (χ1) is 12.9. The molecule has 1 aromatic heterocycles. The molecule has 0 radical (unpaired) electrons. The maximum absolute atomic E-state index is 12.6. The van der Waals surface area contributed by atoms with Crippen LogP contribution >= 0.6 is 11.6 Å². The molecule has 1 unspecified atom stereocenters. The van der Waals surface area contributed by atoms with Crippen LogP contribution in [0.25, 0.3) is 11.0 Å². The minimum absolute atomic E-state index is 0.103. The van der Waals surface area contributed by atoms with Crippen molar-refractivity contribution in [1.29, 1.82) is 0 Å². The number of carbonyl (C=O) groups excluding carboxylic acids is 2. The monoisotopic (exact) mass is 386 g/mol. The minimum Gasteiger partial charge on any atom is -0.507 e. The van der Waals surface area contributed by atoms with Crippen molar-refractivity contribution in [2.24, 2.45) is 0 Å². The van der Waals surface area contributed by atoms with E-state index in [1.54, 1.807) is 48.5 Å². The molecule has 1 N–H and O–H groups in total. The zero-order valence-electron chi connectivity index (χ0n) is 14.3. The zero-order chi connectivity index (χ0) is 19.6. The van der Waals surface area contributed by atoms with E-state index in [-0.39, 0.29) is 23.3 Å². The zero-order valence-corrected chi connectivity index (χ0v) is 15.0. The van der Waals surface area contributed by atoms with Gasteiger partial charge in [-0.05, 0) is 29.8 Å². The maximum atomic E-state index is 12.6. The van der Waals surface area contributed by atoms with Gasteiger partial charge in [0.05, 0.1) is 18.1 Å². The standard InChI is InChI=1S/C20H15ClO6/c1-26-19(24)15(22)10-14(11-6-8-12(21)9-7-11)17-18(23)13-4-2-3-5-16(13)27-20(17)25/h2-9,14,23H,10H2,1H3. The second-order valence-corrected chi connectivity index (χ2v) is 6.31. The van der Waals surface area contributed by atoms with Crippen LogP contribution in [0.2, 0.25) is 5.02 Å². The third-order valence-electron chi connectivity index (χ3n) is 4.24. The maximum Gasteiger partial charge on any atom is 0.374 e. The number of ether oxygens (including phenoxy) is 1. The van der Waals surface area contributed by atoms with Crippen LogP contribution in [-0.2, 0) is 14.3 Å². The number of esters is 1. The van der Waals surface area contributed by atoms with E-state index in [2.05, 4.69) is 4.74 Å². The number of rotatable bonds is 5. The number of fused-ring (bicyclic) bond motifs is 1. The summed E-state index contributed by atoms with van der Waals surface area (Å²) in [6.07, 6.45) is -0.370. The molecule has 0 fully saturated rings. The molecule has 1 atom stereocenters. The number of halogens is 1. The lowest BCUT2D eigenvalue weighted by atomic mass is 9.87. The Morgan fingerprint density at radius 3 is 2.48 bits per heavy atom. The third kappa shape index (κ3) is 3.71. The highest BCUT2D eigenvalue weighted by atomic mass is 35.5. The molecule has 1 heterocycles. The number of carbonyl (C=O) groups is 2. The van der Waals surface area contributed by atoms with Crippen LogP contribution in [0.15, 0.2) is 57.7 Å². The van der Waals surface area contributed by atoms with E-state index >= 15 is 0 Å². The van der Waals surface area contributed by atoms with Crippen molar-refractivity contribution in [2.45, 2.75) is 12.3 Å². The number of methoxy groups -OCH3 is 1. The molecule has 0 aliphatic carbocycles. The lowest BCUT2D eigenvalue weighted by Crippen LogP contribution is -2.22. The first-order valence-corrected chi connectivity index (χ1v) is 8.41. The van der Waals surface area contributed by atoms with Crippen LogP contribution < -0.4 is 5.63 Å². The van der Waals surface area contributed by atoms with E-state index in [0.29, 0.717) is 16.0 Å². The van der Waals surface area contributed by atoms with E-state index in [1.807, 2.05) is 0 Å². The number of benzene rings is 2. The van der Waals surface area contributed by atoms with E-state index in [0.717, 1.165) is 7.11 Å². The second kappa shape index (κ2) is 7.63. The van der Waals surface area contributed by atoms with Crippen molar-refractivity contribution >= 4 is 34.3 Å². The molecule has 0 aliphatic heterocycles. The summed E-state index contributed by atoms with van der Waals surface area (Å²) in [5.74, 6) is -3.06. The Morgan fingerprint density at radius 1 is 1.15 bits per heavy atom. The van der Waals surface area contributed by atoms with Crippen LogP contribution in [0.5, 0.6) is 5.75 Å². The SMILES string of the molecule is COC(=O)C(=O)CC(c1ccc(Cl)cc1)c1c(O)c2ccccc2oc1=O. The van der Waals surface area contributed by atoms with Crippen LogP contribution in [0, 0.1) is 0 Å². The summed E-state index contributed by atoms with van der Waals surface area (Å²) in [5, 5.41) is 11.5. The molecule has 0 saturated heterocycles. The molecule has 3 rings (SSSR count). The Hall–Kier alpha value is -3.12. The van der Waals surface area contributed by atoms with Crippen LogP contribution in [0.4, 0.5) is 0 Å². The van der Waals surface area contributed by atoms with Gasteiger partial charge in [0.2, 0.25) is 5.78 Å². The fraction of sp³-hybridized carbons (Fsp3) is 0.150. The summed E-state index contributed by atoms with van der Waals surface area (Å²) in [5.41, 5.74) is -0.149. The summed E-state index contributed by atoms with van der Waals surface area (Å²) in [4.78, 5) is 36.3. The van der Waals surface area contributed by atoms with E-state index in [1.165, 1.54) is 0 Å². The molecule has 3 aromatic rings. The number of aromatic hydroxyl groups is 1. The van der Waals surface area contributed by atoms with E-state index in [9.17, 15) is 19.5 Å². The first-order valence-electron chi connectivity index (χ1n) is 8.03. The summed E-state index contributed by atoms with van der Waals surface area (Å²) in [6.45, 7) is 0. The molecular formula is C20H15ClO6. The quantitative estimate of drug-likeness (QED) is 0.410. The lowest BCUT2D eigenvalue weighted by Gasteiger charge is -2.17. The summed E-state index contributed by atoms with van der Waals surface area (Å²) < 4.78 is 9.76. The van der Waals surface area contributed by atoms with Crippen molar-refractivity contribution < 1.29 is 23.8 Å². The van der Waals surface area contributed by atoms with E-state index in [4.69, 9.17) is 16.0 Å². The predicted molar refractivity (Wildman–Crippen MR) is 99.1 cm³/mol. The molecule has 0 bridgehead atoms. The fourth-order valence-corrected chi connectivity index (χ4v) is 3.05. The molecule has 7 heteroatoms. The molecule has 0 spiro atoms. The summed E-state index contributed by atoms with van der Waals surface area (Å²) in [7, 11) is 1.10. The second-order valence-electron chi connectivity index (χ2n) is 5.87. The minimum atomic E-state index is -1.03. The molecular weight excluding hydrogens is 372 g/mol. The molecule has 0 aliphatic rings. The average Bonchev–Trinajstić information content (AvgIpc) is 2.67. The Kier molecular flexibility index (Phi) is 5.28. The Morgan fingerprint density at radius 2 is 1.81 bits per heavy atom. The summed E-state index contributed by atoms with van der Waals surface area (Å²) in [6, 6.07) is 12.9. The average molecular weight is 387 g/mol. The molecule has 2 aromatic carbocycles. The van der Waals surface area contributed by atoms with Crippen molar-refractivity contribution in [3.8, 4) is 5.75 Å². The molecule has 0 saturated carbocycles. The van der Waals surface area contributed by atoms with Crippen LogP contribution in [0.3, 0.4) is 0 Å². The number of hydrogen-bond acceptors (Lipinski definition) is 6. The Bertz CT molecular complexity index is 1070. The van der Waals surface area contributed by atoms with Gasteiger partial charge >= 0.3 is 11.6 Å². The lowest BCUT2D eigenvalue weighted by molar-refractivity contribution is -0.151. The van der Waals surface area contributed by atoms with Crippen LogP contribution in [-0.4, -0.2) is 24.0 Å². The van der Waals surface area contributed by atoms with E-state index < -0.39 is 23.3 Å². The number of para-hydroxylation sites is 1. The van der Waals surface area contributed by atoms with Gasteiger partial charge in [-0.3, -0.25) is 4.79 Å². The van der Waals surface area contributed by atoms with Gasteiger partial charge in [-0.15, -0.1) is 0 Å². The van der Waals surface area contributed by atoms with Crippen molar-refractivity contribution in [3.63, 3.8) is 0 Å². The highest BCUT2D eigenvalue weighted by molar-refractivity contribution is 6.33. The van der Waals surface area contributed by atoms with Gasteiger partial charge in [0.1, 0.15) is 11.3 Å². The Balaban J connectivity index is 2.19. The van der Waals surface area contributed by atoms with Gasteiger partial charge in [-0.2, -0.15) is 0 Å².